The number of hydrogen-bond acceptors (Lipinski definition) is 7. The van der Waals surface area contributed by atoms with Crippen LogP contribution in [0.4, 0.5) is 0 Å². The first-order chi connectivity index (χ1) is 15.7. The lowest BCUT2D eigenvalue weighted by atomic mass is 10.0. The molecule has 3 aromatic rings. The maximum Gasteiger partial charge on any atom is 0.238 e. The first-order valence-electron chi connectivity index (χ1n) is 10.3. The topological polar surface area (TPSA) is 81.5 Å². The summed E-state index contributed by atoms with van der Waals surface area (Å²) >= 11 is 7.84. The summed E-state index contributed by atoms with van der Waals surface area (Å²) in [4.78, 5) is 15.4. The van der Waals surface area contributed by atoms with Gasteiger partial charge in [0.2, 0.25) is 11.1 Å². The van der Waals surface area contributed by atoms with Crippen LogP contribution < -0.4 is 10.2 Å². The van der Waals surface area contributed by atoms with E-state index in [2.05, 4.69) is 15.6 Å². The molecule has 32 heavy (non-hydrogen) atoms. The van der Waals surface area contributed by atoms with Crippen molar-refractivity contribution in [2.45, 2.75) is 16.4 Å². The molecular weight excluding hydrogens is 450 g/mol. The molecule has 1 saturated heterocycles. The molecule has 1 fully saturated rings. The van der Waals surface area contributed by atoms with Gasteiger partial charge in [-0.2, -0.15) is 0 Å². The average molecular weight is 472 g/mol. The summed E-state index contributed by atoms with van der Waals surface area (Å²) < 4.78 is 12.6. The number of methoxy groups -OCH3 is 1. The molecule has 0 bridgehead atoms. The van der Waals surface area contributed by atoms with Gasteiger partial charge in [0.15, 0.2) is 5.82 Å². The maximum atomic E-state index is 13.5. The molecule has 0 saturated carbocycles. The number of ether oxygens (including phenoxy) is 2. The Morgan fingerprint density at radius 2 is 1.97 bits per heavy atom. The fourth-order valence-electron chi connectivity index (χ4n) is 3.91. The number of nitrogens with one attached hydrogen (secondary N) is 1. The Labute approximate surface area is 194 Å². The van der Waals surface area contributed by atoms with E-state index in [1.54, 1.807) is 7.11 Å². The summed E-state index contributed by atoms with van der Waals surface area (Å²) in [5.41, 5.74) is 5.30. The van der Waals surface area contributed by atoms with Gasteiger partial charge in [-0.15, -0.1) is 10.2 Å². The Hall–Kier alpha value is -2.75. The van der Waals surface area contributed by atoms with Crippen molar-refractivity contribution in [1.29, 1.82) is 0 Å². The second-order valence-electron chi connectivity index (χ2n) is 7.48. The molecule has 166 valence electrons. The van der Waals surface area contributed by atoms with Crippen LogP contribution in [0.5, 0.6) is 5.75 Å². The predicted molar refractivity (Wildman–Crippen MR) is 123 cm³/mol. The summed E-state index contributed by atoms with van der Waals surface area (Å²) in [6, 6.07) is 15.1. The van der Waals surface area contributed by atoms with Gasteiger partial charge in [0.05, 0.1) is 31.4 Å². The molecule has 8 nitrogen and oxygen atoms in total. The molecule has 0 unspecified atom stereocenters. The zero-order chi connectivity index (χ0) is 22.1. The molecule has 0 aliphatic carbocycles. The first kappa shape index (κ1) is 21.1. The molecule has 3 heterocycles. The van der Waals surface area contributed by atoms with Crippen molar-refractivity contribution in [3.63, 3.8) is 0 Å². The molecule has 0 radical (unpaired) electrons. The van der Waals surface area contributed by atoms with Gasteiger partial charge < -0.3 is 19.8 Å². The number of rotatable bonds is 4. The number of benzene rings is 2. The average Bonchev–Trinajstić information content (AvgIpc) is 3.27. The van der Waals surface area contributed by atoms with Crippen LogP contribution in [0.2, 0.25) is 5.02 Å². The van der Waals surface area contributed by atoms with E-state index in [4.69, 9.17) is 21.1 Å². The van der Waals surface area contributed by atoms with Crippen LogP contribution in [-0.4, -0.2) is 64.3 Å². The summed E-state index contributed by atoms with van der Waals surface area (Å²) in [5, 5.41) is 9.45. The Balaban J connectivity index is 1.54. The second kappa shape index (κ2) is 9.01. The van der Waals surface area contributed by atoms with E-state index in [9.17, 15) is 4.79 Å². The second-order valence-corrected chi connectivity index (χ2v) is 9.00. The molecule has 1 amide bonds. The van der Waals surface area contributed by atoms with Crippen molar-refractivity contribution in [2.75, 3.05) is 38.8 Å². The predicted octanol–water partition coefficient (Wildman–Crippen LogP) is 3.23. The molecule has 2 atom stereocenters. The molecule has 2 aromatic carbocycles. The Morgan fingerprint density at radius 3 is 2.69 bits per heavy atom. The van der Waals surface area contributed by atoms with Crippen LogP contribution in [0.1, 0.15) is 11.6 Å². The van der Waals surface area contributed by atoms with Crippen LogP contribution in [-0.2, 0) is 9.53 Å². The van der Waals surface area contributed by atoms with E-state index in [0.717, 1.165) is 11.1 Å². The van der Waals surface area contributed by atoms with Gasteiger partial charge >= 0.3 is 0 Å². The number of hydrogen-bond donors (Lipinski definition) is 1. The summed E-state index contributed by atoms with van der Waals surface area (Å²) in [5.74, 6) is 1.32. The summed E-state index contributed by atoms with van der Waals surface area (Å²) in [6.45, 7) is 2.25. The van der Waals surface area contributed by atoms with Crippen LogP contribution in [0.3, 0.4) is 0 Å². The normalized spacial score (nSPS) is 20.4. The third kappa shape index (κ3) is 3.92. The van der Waals surface area contributed by atoms with Gasteiger partial charge in [-0.1, -0.05) is 59.8 Å². The van der Waals surface area contributed by atoms with Gasteiger partial charge in [0.1, 0.15) is 11.0 Å². The minimum atomic E-state index is -0.433. The van der Waals surface area contributed by atoms with E-state index in [1.807, 2.05) is 58.1 Å². The fourth-order valence-corrected chi connectivity index (χ4v) is 5.34. The number of morpholine rings is 1. The highest BCUT2D eigenvalue weighted by Gasteiger charge is 2.40. The van der Waals surface area contributed by atoms with Gasteiger partial charge in [-0.3, -0.25) is 4.79 Å². The number of fused-ring (bicyclic) bond motifs is 1. The van der Waals surface area contributed by atoms with Crippen LogP contribution in [0.25, 0.3) is 11.4 Å². The van der Waals surface area contributed by atoms with Crippen LogP contribution >= 0.6 is 23.4 Å². The number of nitrogens with zero attached hydrogens (tertiary/aromatic N) is 4. The van der Waals surface area contributed by atoms with E-state index in [-0.39, 0.29) is 11.9 Å². The molecule has 2 aliphatic heterocycles. The minimum absolute atomic E-state index is 0.0400. The number of aromatic nitrogens is 3. The van der Waals surface area contributed by atoms with E-state index < -0.39 is 5.25 Å². The van der Waals surface area contributed by atoms with E-state index in [0.29, 0.717) is 48.1 Å². The lowest BCUT2D eigenvalue weighted by Crippen LogP contribution is -2.49. The highest BCUT2D eigenvalue weighted by molar-refractivity contribution is 8.00. The Kier molecular flexibility index (Phi) is 5.95. The Bertz CT molecular complexity index is 1120. The Morgan fingerprint density at radius 1 is 1.19 bits per heavy atom. The third-order valence-corrected chi connectivity index (χ3v) is 7.07. The quantitative estimate of drug-likeness (QED) is 0.625. The summed E-state index contributed by atoms with van der Waals surface area (Å²) in [6.07, 6.45) is 0. The first-order valence-corrected chi connectivity index (χ1v) is 11.6. The van der Waals surface area contributed by atoms with E-state index >= 15 is 0 Å². The molecule has 2 aliphatic rings. The molecule has 10 heteroatoms. The maximum absolute atomic E-state index is 13.5. The largest absolute Gasteiger partial charge is 0.495 e. The van der Waals surface area contributed by atoms with Gasteiger partial charge in [0.25, 0.3) is 0 Å². The van der Waals surface area contributed by atoms with E-state index in [1.165, 1.54) is 11.8 Å². The van der Waals surface area contributed by atoms with Crippen LogP contribution in [0.15, 0.2) is 53.7 Å². The molecule has 1 aromatic heterocycles. The SMILES string of the molecule is COc1ccc([C@H]2Nn3c(nnc3-c3ccccc3)S[C@@H]2C(=O)N2CCOCC2)cc1Cl. The van der Waals surface area contributed by atoms with Crippen molar-refractivity contribution < 1.29 is 14.3 Å². The van der Waals surface area contributed by atoms with Gasteiger partial charge in [-0.25, -0.2) is 4.68 Å². The monoisotopic (exact) mass is 471 g/mol. The van der Waals surface area contributed by atoms with Crippen molar-refractivity contribution in [3.8, 4) is 17.1 Å². The molecule has 1 N–H and O–H groups in total. The highest BCUT2D eigenvalue weighted by Crippen LogP contribution is 2.40. The number of thioether (sulfide) groups is 1. The standard InChI is InChI=1S/C22H22ClN5O3S/c1-30-17-8-7-15(13-16(17)23)18-19(21(29)27-9-11-31-12-10-27)32-22-25-24-20(28(22)26-18)14-5-3-2-4-6-14/h2-8,13,18-19,26H,9-12H2,1H3/t18-,19+/m1/s1. The van der Waals surface area contributed by atoms with Gasteiger partial charge in [0, 0.05) is 18.7 Å². The van der Waals surface area contributed by atoms with Crippen molar-refractivity contribution in [1.82, 2.24) is 19.8 Å². The smallest absolute Gasteiger partial charge is 0.238 e. The fraction of sp³-hybridized carbons (Fsp3) is 0.318. The molecule has 0 spiro atoms. The minimum Gasteiger partial charge on any atom is -0.495 e. The third-order valence-electron chi connectivity index (χ3n) is 5.57. The van der Waals surface area contributed by atoms with Crippen molar-refractivity contribution >= 4 is 29.3 Å². The number of carbonyl (C=O) groups excluding carboxylic acids is 1. The molecule has 5 rings (SSSR count). The van der Waals surface area contributed by atoms with Crippen molar-refractivity contribution in [3.05, 3.63) is 59.1 Å². The van der Waals surface area contributed by atoms with Crippen molar-refractivity contribution in [2.24, 2.45) is 0 Å². The number of amides is 1. The number of carbonyl (C=O) groups is 1. The lowest BCUT2D eigenvalue weighted by molar-refractivity contribution is -0.135. The van der Waals surface area contributed by atoms with Crippen LogP contribution in [0, 0.1) is 0 Å². The molecular formula is C22H22ClN5O3S. The van der Waals surface area contributed by atoms with Gasteiger partial charge in [-0.05, 0) is 17.7 Å². The number of halogens is 1. The lowest BCUT2D eigenvalue weighted by Gasteiger charge is -2.37. The zero-order valence-corrected chi connectivity index (χ0v) is 19.0. The zero-order valence-electron chi connectivity index (χ0n) is 17.4. The summed E-state index contributed by atoms with van der Waals surface area (Å²) in [7, 11) is 1.58. The highest BCUT2D eigenvalue weighted by atomic mass is 35.5.